The molecule has 0 saturated carbocycles. The van der Waals surface area contributed by atoms with E-state index in [0.29, 0.717) is 32.6 Å². The third-order valence-corrected chi connectivity index (χ3v) is 9.26. The first-order valence-corrected chi connectivity index (χ1v) is 15.0. The molecular weight excluding hydrogens is 506 g/mol. The SMILES string of the molecule is CCCCCN1CC=C[C@]23O[C@@]4(CC)C=CCN(CCC)C(=O)[C@H]4[C@H]2C(=O)N([C@H](CO)c2ccccc2)C3C1=O. The summed E-state index contributed by atoms with van der Waals surface area (Å²) in [7, 11) is 0. The number of fused-ring (bicyclic) bond motifs is 2. The lowest BCUT2D eigenvalue weighted by molar-refractivity contribution is -0.157. The molecule has 4 heterocycles. The molecule has 0 aliphatic carbocycles. The van der Waals surface area contributed by atoms with Gasteiger partial charge in [0.1, 0.15) is 11.6 Å². The number of benzene rings is 1. The number of carbonyl (C=O) groups excluding carboxylic acids is 3. The Kier molecular flexibility index (Phi) is 8.20. The van der Waals surface area contributed by atoms with E-state index in [1.807, 2.05) is 78.3 Å². The Hall–Kier alpha value is -2.97. The van der Waals surface area contributed by atoms with Crippen molar-refractivity contribution < 1.29 is 24.2 Å². The van der Waals surface area contributed by atoms with E-state index in [-0.39, 0.29) is 24.3 Å². The Morgan fingerprint density at radius 3 is 2.23 bits per heavy atom. The van der Waals surface area contributed by atoms with Gasteiger partial charge in [-0.3, -0.25) is 14.4 Å². The number of likely N-dealkylation sites (tertiary alicyclic amines) is 1. The van der Waals surface area contributed by atoms with Crippen LogP contribution in [0.4, 0.5) is 0 Å². The average Bonchev–Trinajstić information content (AvgIpc) is 3.26. The highest BCUT2D eigenvalue weighted by molar-refractivity contribution is 6.00. The number of carbonyl (C=O) groups is 3. The Bertz CT molecular complexity index is 1170. The Labute approximate surface area is 237 Å². The topological polar surface area (TPSA) is 90.4 Å². The van der Waals surface area contributed by atoms with Gasteiger partial charge in [0, 0.05) is 26.2 Å². The van der Waals surface area contributed by atoms with Crippen molar-refractivity contribution in [3.05, 3.63) is 60.2 Å². The zero-order valence-electron chi connectivity index (χ0n) is 24.0. The standard InChI is InChI=1S/C32H43N3O5/c1-4-7-11-19-34-21-13-17-32-26(25-28(37)33(18-5-2)20-12-16-31(25,6-3)40-32)29(38)35(27(32)30(34)39)24(22-36)23-14-9-8-10-15-23/h8-10,12-17,24-27,36H,4-7,11,18-22H2,1-3H3/t24-,25-,26+,27?,31+,32+/m1/s1. The number of hydrogen-bond acceptors (Lipinski definition) is 5. The van der Waals surface area contributed by atoms with Gasteiger partial charge in [-0.05, 0) is 24.8 Å². The third-order valence-electron chi connectivity index (χ3n) is 9.26. The van der Waals surface area contributed by atoms with Crippen LogP contribution in [0.5, 0.6) is 0 Å². The first-order chi connectivity index (χ1) is 19.4. The van der Waals surface area contributed by atoms with Crippen LogP contribution < -0.4 is 0 Å². The van der Waals surface area contributed by atoms with E-state index >= 15 is 0 Å². The zero-order chi connectivity index (χ0) is 28.5. The van der Waals surface area contributed by atoms with Crippen molar-refractivity contribution >= 4 is 17.7 Å². The predicted molar refractivity (Wildman–Crippen MR) is 152 cm³/mol. The molecule has 1 unspecified atom stereocenters. The molecule has 2 saturated heterocycles. The predicted octanol–water partition coefficient (Wildman–Crippen LogP) is 3.48. The molecule has 2 fully saturated rings. The van der Waals surface area contributed by atoms with Gasteiger partial charge < -0.3 is 24.5 Å². The number of unbranched alkanes of at least 4 members (excludes halogenated alkanes) is 2. The number of amides is 3. The molecule has 1 aromatic rings. The monoisotopic (exact) mass is 549 g/mol. The van der Waals surface area contributed by atoms with Crippen LogP contribution in [0.2, 0.25) is 0 Å². The van der Waals surface area contributed by atoms with E-state index in [9.17, 15) is 19.5 Å². The van der Waals surface area contributed by atoms with Gasteiger partial charge >= 0.3 is 0 Å². The van der Waals surface area contributed by atoms with Gasteiger partial charge in [0.25, 0.3) is 0 Å². The number of hydrogen-bond donors (Lipinski definition) is 1. The lowest BCUT2D eigenvalue weighted by atomic mass is 9.73. The molecule has 0 bridgehead atoms. The van der Waals surface area contributed by atoms with E-state index in [4.69, 9.17) is 4.74 Å². The minimum Gasteiger partial charge on any atom is -0.394 e. The van der Waals surface area contributed by atoms with Crippen molar-refractivity contribution in [3.8, 4) is 0 Å². The van der Waals surface area contributed by atoms with Crippen molar-refractivity contribution in [2.24, 2.45) is 11.8 Å². The molecule has 0 radical (unpaired) electrons. The van der Waals surface area contributed by atoms with Gasteiger partial charge in [0.2, 0.25) is 17.7 Å². The molecule has 4 aliphatic heterocycles. The number of nitrogens with zero attached hydrogens (tertiary/aromatic N) is 3. The Morgan fingerprint density at radius 1 is 0.875 bits per heavy atom. The van der Waals surface area contributed by atoms with Crippen molar-refractivity contribution in [3.63, 3.8) is 0 Å². The van der Waals surface area contributed by atoms with Crippen LogP contribution in [-0.4, -0.2) is 87.6 Å². The second kappa shape index (κ2) is 11.5. The second-order valence-corrected chi connectivity index (χ2v) is 11.6. The first kappa shape index (κ1) is 28.6. The molecule has 5 rings (SSSR count). The van der Waals surface area contributed by atoms with E-state index < -0.39 is 35.1 Å². The summed E-state index contributed by atoms with van der Waals surface area (Å²) in [6, 6.07) is 7.61. The van der Waals surface area contributed by atoms with Crippen LogP contribution in [-0.2, 0) is 19.1 Å². The van der Waals surface area contributed by atoms with Gasteiger partial charge in [-0.2, -0.15) is 0 Å². The Morgan fingerprint density at radius 2 is 1.57 bits per heavy atom. The quantitative estimate of drug-likeness (QED) is 0.357. The van der Waals surface area contributed by atoms with Crippen LogP contribution in [0, 0.1) is 11.8 Å². The van der Waals surface area contributed by atoms with Crippen molar-refractivity contribution in [1.29, 1.82) is 0 Å². The lowest BCUT2D eigenvalue weighted by Gasteiger charge is -2.41. The number of rotatable bonds is 10. The van der Waals surface area contributed by atoms with Crippen LogP contribution in [0.15, 0.2) is 54.6 Å². The summed E-state index contributed by atoms with van der Waals surface area (Å²) in [6.45, 7) is 7.85. The van der Waals surface area contributed by atoms with Gasteiger partial charge in [-0.1, -0.05) is 88.2 Å². The maximum Gasteiger partial charge on any atom is 0.249 e. The lowest BCUT2D eigenvalue weighted by Crippen LogP contribution is -2.57. The second-order valence-electron chi connectivity index (χ2n) is 11.6. The van der Waals surface area contributed by atoms with E-state index in [1.165, 1.54) is 0 Å². The molecule has 8 heteroatoms. The summed E-state index contributed by atoms with van der Waals surface area (Å²) in [5.41, 5.74) is -1.56. The molecule has 1 spiro atoms. The minimum absolute atomic E-state index is 0.102. The molecule has 8 nitrogen and oxygen atoms in total. The highest BCUT2D eigenvalue weighted by atomic mass is 16.5. The summed E-state index contributed by atoms with van der Waals surface area (Å²) in [4.78, 5) is 48.6. The fourth-order valence-corrected chi connectivity index (χ4v) is 7.39. The molecule has 3 amide bonds. The smallest absolute Gasteiger partial charge is 0.249 e. The maximum absolute atomic E-state index is 14.7. The maximum atomic E-state index is 14.7. The molecule has 4 aliphatic rings. The number of ether oxygens (including phenoxy) is 1. The third kappa shape index (κ3) is 4.40. The number of aliphatic hydroxyl groups excluding tert-OH is 1. The first-order valence-electron chi connectivity index (χ1n) is 15.0. The zero-order valence-corrected chi connectivity index (χ0v) is 24.0. The summed E-state index contributed by atoms with van der Waals surface area (Å²) in [5.74, 6) is -2.23. The fourth-order valence-electron chi connectivity index (χ4n) is 7.39. The van der Waals surface area contributed by atoms with Gasteiger partial charge in [-0.15, -0.1) is 0 Å². The van der Waals surface area contributed by atoms with Crippen LogP contribution in [0.1, 0.15) is 64.5 Å². The normalized spacial score (nSPS) is 32.1. The molecule has 1 aromatic carbocycles. The summed E-state index contributed by atoms with van der Waals surface area (Å²) in [6.07, 6.45) is 12.0. The average molecular weight is 550 g/mol. The summed E-state index contributed by atoms with van der Waals surface area (Å²) in [5, 5.41) is 10.7. The number of aliphatic hydroxyl groups is 1. The molecule has 6 atom stereocenters. The van der Waals surface area contributed by atoms with Crippen molar-refractivity contribution in [2.75, 3.05) is 32.8 Å². The molecule has 216 valence electrons. The van der Waals surface area contributed by atoms with Gasteiger partial charge in [0.15, 0.2) is 0 Å². The van der Waals surface area contributed by atoms with Crippen molar-refractivity contribution in [1.82, 2.24) is 14.7 Å². The van der Waals surface area contributed by atoms with Crippen LogP contribution in [0.3, 0.4) is 0 Å². The van der Waals surface area contributed by atoms with E-state index in [0.717, 1.165) is 31.2 Å². The van der Waals surface area contributed by atoms with E-state index in [1.54, 1.807) is 4.90 Å². The van der Waals surface area contributed by atoms with Gasteiger partial charge in [0.05, 0.1) is 30.1 Å². The molecule has 0 aromatic heterocycles. The Balaban J connectivity index is 1.67. The highest BCUT2D eigenvalue weighted by Gasteiger charge is 2.76. The largest absolute Gasteiger partial charge is 0.394 e. The summed E-state index contributed by atoms with van der Waals surface area (Å²) < 4.78 is 7.04. The van der Waals surface area contributed by atoms with E-state index in [2.05, 4.69) is 6.92 Å². The highest BCUT2D eigenvalue weighted by Crippen LogP contribution is 2.59. The van der Waals surface area contributed by atoms with Crippen LogP contribution >= 0.6 is 0 Å². The minimum atomic E-state index is -1.31. The van der Waals surface area contributed by atoms with Crippen molar-refractivity contribution in [2.45, 2.75) is 76.2 Å². The summed E-state index contributed by atoms with van der Waals surface area (Å²) >= 11 is 0. The molecular formula is C32H43N3O5. The fraction of sp³-hybridized carbons (Fsp3) is 0.594. The van der Waals surface area contributed by atoms with Crippen LogP contribution in [0.25, 0.3) is 0 Å². The molecule has 40 heavy (non-hydrogen) atoms. The van der Waals surface area contributed by atoms with Gasteiger partial charge in [-0.25, -0.2) is 0 Å². The molecule has 1 N–H and O–H groups in total.